The van der Waals surface area contributed by atoms with E-state index in [0.717, 1.165) is 46.6 Å². The van der Waals surface area contributed by atoms with Crippen LogP contribution in [-0.4, -0.2) is 40.0 Å². The number of urea groups is 1. The third-order valence-electron chi connectivity index (χ3n) is 7.67. The number of fused-ring (bicyclic) bond motifs is 1. The van der Waals surface area contributed by atoms with E-state index >= 15 is 0 Å². The first-order chi connectivity index (χ1) is 17.8. The maximum atomic E-state index is 13.5. The number of imide groups is 1. The monoisotopic (exact) mass is 496 g/mol. The van der Waals surface area contributed by atoms with E-state index in [1.165, 1.54) is 16.1 Å². The predicted octanol–water partition coefficient (Wildman–Crippen LogP) is 4.22. The first kappa shape index (κ1) is 23.2. The SMILES string of the molecule is Cc1ccc(C2=NN(C(=O)CN3C(=O)NC(C)(c4ccc5c(c4)CCC5)C3=O)C(c3ccco3)C2)cc1. The summed E-state index contributed by atoms with van der Waals surface area (Å²) in [6.07, 6.45) is 5.11. The molecule has 0 radical (unpaired) electrons. The van der Waals surface area contributed by atoms with Gasteiger partial charge in [0.15, 0.2) is 0 Å². The highest BCUT2D eigenvalue weighted by Gasteiger charge is 2.50. The Labute approximate surface area is 214 Å². The fourth-order valence-electron chi connectivity index (χ4n) is 5.49. The van der Waals surface area contributed by atoms with Crippen molar-refractivity contribution in [2.24, 2.45) is 5.10 Å². The molecule has 1 N–H and O–H groups in total. The zero-order valence-electron chi connectivity index (χ0n) is 20.9. The standard InChI is InChI=1S/C29H28N4O4/c1-18-8-10-20(11-9-18)23-16-24(25-7-4-14-37-25)33(31-23)26(34)17-32-27(35)29(2,30-28(32)36)22-13-12-19-5-3-6-21(19)15-22/h4,7-15,24H,3,5-6,16-17H2,1-2H3,(H,30,36). The number of benzene rings is 2. The van der Waals surface area contributed by atoms with E-state index in [9.17, 15) is 14.4 Å². The normalized spacial score (nSPS) is 22.9. The van der Waals surface area contributed by atoms with Crippen LogP contribution in [-0.2, 0) is 28.0 Å². The van der Waals surface area contributed by atoms with Gasteiger partial charge in [-0.3, -0.25) is 14.5 Å². The van der Waals surface area contributed by atoms with Crippen LogP contribution in [0.4, 0.5) is 4.79 Å². The van der Waals surface area contributed by atoms with E-state index in [1.807, 2.05) is 49.4 Å². The van der Waals surface area contributed by atoms with Crippen molar-refractivity contribution in [1.29, 1.82) is 0 Å². The molecule has 2 atom stereocenters. The summed E-state index contributed by atoms with van der Waals surface area (Å²) in [5.74, 6) is -0.301. The van der Waals surface area contributed by atoms with Gasteiger partial charge < -0.3 is 9.73 Å². The molecule has 4 amide bonds. The smallest absolute Gasteiger partial charge is 0.325 e. The molecular formula is C29H28N4O4. The third kappa shape index (κ3) is 3.93. The van der Waals surface area contributed by atoms with E-state index in [2.05, 4.69) is 10.4 Å². The quantitative estimate of drug-likeness (QED) is 0.535. The lowest BCUT2D eigenvalue weighted by molar-refractivity contribution is -0.140. The lowest BCUT2D eigenvalue weighted by atomic mass is 9.89. The molecule has 2 aromatic carbocycles. The van der Waals surface area contributed by atoms with Gasteiger partial charge in [-0.05, 0) is 67.5 Å². The van der Waals surface area contributed by atoms with Crippen LogP contribution in [0.1, 0.15) is 59.4 Å². The van der Waals surface area contributed by atoms with Crippen LogP contribution in [0, 0.1) is 6.92 Å². The van der Waals surface area contributed by atoms with Crippen LogP contribution in [0.25, 0.3) is 0 Å². The molecule has 3 aromatic rings. The summed E-state index contributed by atoms with van der Waals surface area (Å²) in [5, 5.41) is 8.79. The molecule has 3 heterocycles. The number of rotatable bonds is 5. The average molecular weight is 497 g/mol. The summed E-state index contributed by atoms with van der Waals surface area (Å²) in [7, 11) is 0. The van der Waals surface area contributed by atoms with Gasteiger partial charge in [0.05, 0.1) is 12.0 Å². The van der Waals surface area contributed by atoms with Gasteiger partial charge in [-0.1, -0.05) is 48.0 Å². The van der Waals surface area contributed by atoms with Gasteiger partial charge in [0, 0.05) is 6.42 Å². The summed E-state index contributed by atoms with van der Waals surface area (Å²) in [6.45, 7) is 3.30. The Kier molecular flexibility index (Phi) is 5.47. The Bertz CT molecular complexity index is 1430. The minimum absolute atomic E-state index is 0.410. The van der Waals surface area contributed by atoms with E-state index in [-0.39, 0.29) is 0 Å². The van der Waals surface area contributed by atoms with Crippen LogP contribution in [0.2, 0.25) is 0 Å². The first-order valence-electron chi connectivity index (χ1n) is 12.6. The Morgan fingerprint density at radius 1 is 1.11 bits per heavy atom. The average Bonchev–Trinajstić information content (AvgIpc) is 3.68. The Morgan fingerprint density at radius 2 is 1.89 bits per heavy atom. The molecule has 2 aliphatic heterocycles. The summed E-state index contributed by atoms with van der Waals surface area (Å²) >= 11 is 0. The number of furan rings is 1. The van der Waals surface area contributed by atoms with Gasteiger partial charge in [-0.2, -0.15) is 5.10 Å². The van der Waals surface area contributed by atoms with Gasteiger partial charge in [0.25, 0.3) is 11.8 Å². The van der Waals surface area contributed by atoms with Gasteiger partial charge in [-0.15, -0.1) is 0 Å². The zero-order valence-corrected chi connectivity index (χ0v) is 20.9. The van der Waals surface area contributed by atoms with E-state index < -0.39 is 36.0 Å². The largest absolute Gasteiger partial charge is 0.467 e. The molecule has 0 bridgehead atoms. The Morgan fingerprint density at radius 3 is 2.65 bits per heavy atom. The fourth-order valence-corrected chi connectivity index (χ4v) is 5.49. The number of hydrogen-bond acceptors (Lipinski definition) is 5. The second kappa shape index (κ2) is 8.73. The molecule has 37 heavy (non-hydrogen) atoms. The lowest BCUT2D eigenvalue weighted by Gasteiger charge is -2.24. The highest BCUT2D eigenvalue weighted by atomic mass is 16.3. The second-order valence-corrected chi connectivity index (χ2v) is 10.2. The third-order valence-corrected chi connectivity index (χ3v) is 7.67. The van der Waals surface area contributed by atoms with Crippen LogP contribution in [0.5, 0.6) is 0 Å². The molecule has 2 unspecified atom stereocenters. The topological polar surface area (TPSA) is 95.2 Å². The maximum Gasteiger partial charge on any atom is 0.325 e. The van der Waals surface area contributed by atoms with Gasteiger partial charge in [-0.25, -0.2) is 9.80 Å². The number of nitrogens with zero attached hydrogens (tertiary/aromatic N) is 3. The molecule has 1 saturated heterocycles. The molecule has 3 aliphatic rings. The Balaban J connectivity index is 1.26. The lowest BCUT2D eigenvalue weighted by Crippen LogP contribution is -2.43. The second-order valence-electron chi connectivity index (χ2n) is 10.2. The van der Waals surface area contributed by atoms with E-state index in [1.54, 1.807) is 25.3 Å². The van der Waals surface area contributed by atoms with Crippen LogP contribution in [0.15, 0.2) is 70.4 Å². The van der Waals surface area contributed by atoms with E-state index in [4.69, 9.17) is 4.42 Å². The van der Waals surface area contributed by atoms with Crippen molar-refractivity contribution in [3.63, 3.8) is 0 Å². The van der Waals surface area contributed by atoms with Crippen molar-refractivity contribution in [2.45, 2.75) is 51.1 Å². The molecule has 1 fully saturated rings. The molecule has 0 saturated carbocycles. The number of hydrogen-bond donors (Lipinski definition) is 1. The number of amides is 4. The molecule has 1 aromatic heterocycles. The van der Waals surface area contributed by atoms with Crippen LogP contribution < -0.4 is 5.32 Å². The number of aryl methyl sites for hydroxylation is 3. The first-order valence-corrected chi connectivity index (χ1v) is 12.6. The molecule has 6 rings (SSSR count). The fraction of sp³-hybridized carbons (Fsp3) is 0.310. The molecule has 8 heteroatoms. The minimum Gasteiger partial charge on any atom is -0.467 e. The summed E-state index contributed by atoms with van der Waals surface area (Å²) < 4.78 is 5.61. The molecular weight excluding hydrogens is 468 g/mol. The van der Waals surface area contributed by atoms with Crippen molar-refractivity contribution in [1.82, 2.24) is 15.2 Å². The van der Waals surface area contributed by atoms with E-state index in [0.29, 0.717) is 12.2 Å². The summed E-state index contributed by atoms with van der Waals surface area (Å²) in [5.41, 5.74) is 4.80. The number of carbonyl (C=O) groups excluding carboxylic acids is 3. The highest BCUT2D eigenvalue weighted by Crippen LogP contribution is 2.35. The number of carbonyl (C=O) groups is 3. The van der Waals surface area contributed by atoms with Gasteiger partial charge >= 0.3 is 6.03 Å². The van der Waals surface area contributed by atoms with Crippen molar-refractivity contribution in [3.8, 4) is 0 Å². The van der Waals surface area contributed by atoms with Crippen molar-refractivity contribution >= 4 is 23.6 Å². The molecule has 1 aliphatic carbocycles. The van der Waals surface area contributed by atoms with Crippen LogP contribution in [0.3, 0.4) is 0 Å². The predicted molar refractivity (Wildman–Crippen MR) is 137 cm³/mol. The maximum absolute atomic E-state index is 13.5. The van der Waals surface area contributed by atoms with Crippen molar-refractivity contribution in [3.05, 3.63) is 94.4 Å². The van der Waals surface area contributed by atoms with Crippen molar-refractivity contribution < 1.29 is 18.8 Å². The summed E-state index contributed by atoms with van der Waals surface area (Å²) in [4.78, 5) is 41.0. The number of hydrazone groups is 1. The van der Waals surface area contributed by atoms with Gasteiger partial charge in [0.1, 0.15) is 23.9 Å². The highest BCUT2D eigenvalue weighted by molar-refractivity contribution is 6.09. The molecule has 8 nitrogen and oxygen atoms in total. The Hall–Kier alpha value is -4.20. The molecule has 0 spiro atoms. The number of nitrogens with one attached hydrogen (secondary N) is 1. The molecule has 188 valence electrons. The zero-order chi connectivity index (χ0) is 25.7. The summed E-state index contributed by atoms with van der Waals surface area (Å²) in [6, 6.07) is 16.4. The van der Waals surface area contributed by atoms with Crippen molar-refractivity contribution in [2.75, 3.05) is 6.54 Å². The van der Waals surface area contributed by atoms with Crippen LogP contribution >= 0.6 is 0 Å². The van der Waals surface area contributed by atoms with Gasteiger partial charge in [0.2, 0.25) is 0 Å². The minimum atomic E-state index is -1.23.